The monoisotopic (exact) mass is 772 g/mol. The van der Waals surface area contributed by atoms with E-state index in [4.69, 9.17) is 40.1 Å². The number of benzene rings is 2. The number of carbonyl (C=O) groups excluding carboxylic acids is 1. The predicted octanol–water partition coefficient (Wildman–Crippen LogP) is 6.42. The molecule has 0 aliphatic carbocycles. The van der Waals surface area contributed by atoms with Gasteiger partial charge in [0.05, 0.1) is 41.0 Å². The molecule has 4 fully saturated rings. The lowest BCUT2D eigenvalue weighted by Gasteiger charge is -2.44. The highest BCUT2D eigenvalue weighted by atomic mass is 19.1. The second-order valence-corrected chi connectivity index (χ2v) is 16.4. The molecule has 5 aliphatic rings. The van der Waals surface area contributed by atoms with Crippen molar-refractivity contribution in [3.05, 3.63) is 47.2 Å². The minimum absolute atomic E-state index is 0.0560. The molecule has 4 saturated heterocycles. The first-order valence-corrected chi connectivity index (χ1v) is 19.1. The van der Waals surface area contributed by atoms with E-state index in [0.717, 1.165) is 19.4 Å². The Hall–Kier alpha value is -4.91. The van der Waals surface area contributed by atoms with Gasteiger partial charge in [-0.2, -0.15) is 9.97 Å². The van der Waals surface area contributed by atoms with E-state index >= 15 is 8.78 Å². The number of nitrogens with one attached hydrogen (secondary N) is 1. The average Bonchev–Trinajstić information content (AvgIpc) is 3.76. The van der Waals surface area contributed by atoms with Crippen molar-refractivity contribution in [2.75, 3.05) is 40.2 Å². The maximum absolute atomic E-state index is 17.5. The van der Waals surface area contributed by atoms with Crippen molar-refractivity contribution in [1.29, 1.82) is 0 Å². The molecule has 2 aromatic heterocycles. The highest BCUT2D eigenvalue weighted by molar-refractivity contribution is 6.03. The number of hydrogen-bond donors (Lipinski definition) is 1. The number of aromatic nitrogens is 3. The Morgan fingerprint density at radius 3 is 2.77 bits per heavy atom. The van der Waals surface area contributed by atoms with Crippen LogP contribution in [0.25, 0.3) is 32.9 Å². The highest BCUT2D eigenvalue weighted by Crippen LogP contribution is 2.48. The lowest BCUT2D eigenvalue weighted by atomic mass is 9.87. The molecule has 6 unspecified atom stereocenters. The van der Waals surface area contributed by atoms with E-state index in [0.29, 0.717) is 42.6 Å². The first-order valence-electron chi connectivity index (χ1n) is 19.1. The van der Waals surface area contributed by atoms with E-state index in [-0.39, 0.29) is 83.1 Å². The smallest absolute Gasteiger partial charge is 0.411 e. The summed E-state index contributed by atoms with van der Waals surface area (Å²) in [5.41, 5.74) is -1.07. The summed E-state index contributed by atoms with van der Waals surface area (Å²) in [4.78, 5) is 31.8. The van der Waals surface area contributed by atoms with Crippen LogP contribution in [0, 0.1) is 29.9 Å². The molecule has 0 saturated carbocycles. The average molecular weight is 773 g/mol. The summed E-state index contributed by atoms with van der Waals surface area (Å²) in [6.45, 7) is 6.68. The molecule has 56 heavy (non-hydrogen) atoms. The largest absolute Gasteiger partial charge is 0.477 e. The summed E-state index contributed by atoms with van der Waals surface area (Å²) in [5.74, 6) is 0.937. The van der Waals surface area contributed by atoms with Crippen LogP contribution < -0.4 is 19.5 Å². The van der Waals surface area contributed by atoms with Crippen LogP contribution in [0.15, 0.2) is 24.3 Å². The number of alkyl halides is 1. The van der Waals surface area contributed by atoms with Crippen molar-refractivity contribution in [1.82, 2.24) is 30.1 Å². The Kier molecular flexibility index (Phi) is 8.94. The molecule has 6 atom stereocenters. The third-order valence-corrected chi connectivity index (χ3v) is 11.8. The van der Waals surface area contributed by atoms with Crippen molar-refractivity contribution < 1.29 is 41.7 Å². The zero-order valence-corrected chi connectivity index (χ0v) is 31.7. The van der Waals surface area contributed by atoms with Crippen molar-refractivity contribution in [2.45, 2.75) is 88.4 Å². The molecule has 15 heteroatoms. The Balaban J connectivity index is 1.21. The molecule has 1 N–H and O–H groups in total. The molecule has 2 aromatic carbocycles. The van der Waals surface area contributed by atoms with Gasteiger partial charge in [-0.3, -0.25) is 15.1 Å². The van der Waals surface area contributed by atoms with Gasteiger partial charge in [0, 0.05) is 43.0 Å². The van der Waals surface area contributed by atoms with E-state index < -0.39 is 41.1 Å². The summed E-state index contributed by atoms with van der Waals surface area (Å²) >= 11 is 0. The summed E-state index contributed by atoms with van der Waals surface area (Å²) in [6, 6.07) is 5.08. The second kappa shape index (κ2) is 13.6. The third-order valence-electron chi connectivity index (χ3n) is 11.8. The van der Waals surface area contributed by atoms with Crippen molar-refractivity contribution in [2.24, 2.45) is 5.92 Å². The van der Waals surface area contributed by atoms with Crippen LogP contribution in [0.5, 0.6) is 17.6 Å². The number of carbonyl (C=O) groups is 1. The first kappa shape index (κ1) is 36.7. The number of amides is 1. The van der Waals surface area contributed by atoms with E-state index in [9.17, 15) is 9.18 Å². The van der Waals surface area contributed by atoms with Crippen molar-refractivity contribution in [3.63, 3.8) is 0 Å². The zero-order valence-electron chi connectivity index (χ0n) is 31.7. The van der Waals surface area contributed by atoms with Gasteiger partial charge in [0.1, 0.15) is 41.2 Å². The molecule has 294 valence electrons. The number of methoxy groups -OCH3 is 1. The molecular weight excluding hydrogens is 729 g/mol. The number of fused-ring (bicyclic) bond motifs is 7. The Labute approximate surface area is 322 Å². The fourth-order valence-corrected chi connectivity index (χ4v) is 9.53. The topological polar surface area (TPSA) is 120 Å². The van der Waals surface area contributed by atoms with Crippen molar-refractivity contribution in [3.8, 4) is 41.2 Å². The molecule has 5 aliphatic heterocycles. The van der Waals surface area contributed by atoms with Gasteiger partial charge in [-0.1, -0.05) is 12.0 Å². The van der Waals surface area contributed by atoms with Gasteiger partial charge >= 0.3 is 12.1 Å². The molecule has 9 rings (SSSR count). The standard InChI is InChI=1S/C41H43F3N6O6/c1-6-24-27(43)9-8-21-14-23(55-20-52-5)15-25(30(21)24)33-32(44)35-31-36(48-38(47-35)54-19-41-12-7-13-49(41)17-22(42)16-41)34-26(18-53-37(31)46-33)28-10-11-29(45-34)50(28)39(51)56-40(2,3)4/h1,8-9,14-15,22,26,28-29,34,45H,7,10-13,16-20H2,2-5H3. The first-order chi connectivity index (χ1) is 26.9. The quantitative estimate of drug-likeness (QED) is 0.166. The summed E-state index contributed by atoms with van der Waals surface area (Å²) in [5, 5.41) is 4.59. The van der Waals surface area contributed by atoms with Gasteiger partial charge in [-0.25, -0.2) is 22.9 Å². The van der Waals surface area contributed by atoms with Gasteiger partial charge in [-0.15, -0.1) is 6.42 Å². The maximum atomic E-state index is 17.5. The van der Waals surface area contributed by atoms with E-state index in [2.05, 4.69) is 21.1 Å². The Morgan fingerprint density at radius 1 is 1.14 bits per heavy atom. The van der Waals surface area contributed by atoms with Crippen LogP contribution in [0.3, 0.4) is 0 Å². The second-order valence-electron chi connectivity index (χ2n) is 16.4. The van der Waals surface area contributed by atoms with E-state index in [1.807, 2.05) is 20.8 Å². The molecule has 4 aromatic rings. The van der Waals surface area contributed by atoms with Crippen molar-refractivity contribution >= 4 is 27.8 Å². The van der Waals surface area contributed by atoms with Gasteiger partial charge in [0.15, 0.2) is 12.6 Å². The SMILES string of the molecule is C#Cc1c(F)ccc2cc(OCOC)cc(-c3nc4c5c(nc(OCC67CCCN6CC(F)C7)nc5c3F)C3NC5CCC(C3CO4)N5C(=O)OC(C)(C)C)c12. The van der Waals surface area contributed by atoms with Gasteiger partial charge in [0.25, 0.3) is 0 Å². The lowest BCUT2D eigenvalue weighted by molar-refractivity contribution is -0.0192. The lowest BCUT2D eigenvalue weighted by Crippen LogP contribution is -2.60. The number of rotatable bonds is 7. The van der Waals surface area contributed by atoms with Crippen LogP contribution in [0.1, 0.15) is 70.2 Å². The molecule has 12 nitrogen and oxygen atoms in total. The fourth-order valence-electron chi connectivity index (χ4n) is 9.53. The maximum Gasteiger partial charge on any atom is 0.411 e. The van der Waals surface area contributed by atoms with E-state index in [1.54, 1.807) is 11.0 Å². The number of hydrogen-bond acceptors (Lipinski definition) is 11. The number of terminal acetylenes is 1. The number of pyridine rings is 1. The zero-order chi connectivity index (χ0) is 39.1. The van der Waals surface area contributed by atoms with Crippen LogP contribution >= 0.6 is 0 Å². The van der Waals surface area contributed by atoms with Crippen LogP contribution in [-0.2, 0) is 9.47 Å². The minimum Gasteiger partial charge on any atom is -0.477 e. The molecule has 2 bridgehead atoms. The van der Waals surface area contributed by atoms with Gasteiger partial charge in [-0.05, 0) is 76.6 Å². The number of ether oxygens (including phenoxy) is 5. The number of nitrogens with zero attached hydrogens (tertiary/aromatic N) is 5. The van der Waals surface area contributed by atoms with E-state index in [1.165, 1.54) is 25.3 Å². The van der Waals surface area contributed by atoms with Crippen LogP contribution in [0.2, 0.25) is 0 Å². The number of halogens is 3. The molecule has 1 amide bonds. The minimum atomic E-state index is -0.973. The third kappa shape index (κ3) is 6.04. The summed E-state index contributed by atoms with van der Waals surface area (Å²) in [6.07, 6.45) is 7.38. The molecule has 0 radical (unpaired) electrons. The normalized spacial score (nSPS) is 26.8. The molecule has 7 heterocycles. The Morgan fingerprint density at radius 2 is 1.98 bits per heavy atom. The van der Waals surface area contributed by atoms with Crippen LogP contribution in [0.4, 0.5) is 18.0 Å². The van der Waals surface area contributed by atoms with Gasteiger partial charge in [0.2, 0.25) is 5.88 Å². The summed E-state index contributed by atoms with van der Waals surface area (Å²) in [7, 11) is 1.47. The summed E-state index contributed by atoms with van der Waals surface area (Å²) < 4.78 is 77.1. The predicted molar refractivity (Wildman–Crippen MR) is 199 cm³/mol. The molecular formula is C41H43F3N6O6. The molecule has 0 spiro atoms. The van der Waals surface area contributed by atoms with Gasteiger partial charge < -0.3 is 23.7 Å². The Bertz CT molecular complexity index is 2300. The van der Waals surface area contributed by atoms with Crippen LogP contribution in [-0.4, -0.2) is 101 Å². The fraction of sp³-hybridized carbons (Fsp3) is 0.512. The highest BCUT2D eigenvalue weighted by Gasteiger charge is 2.53.